The fourth-order valence-electron chi connectivity index (χ4n) is 3.85. The minimum absolute atomic E-state index is 0.0472. The average molecular weight is 530 g/mol. The third kappa shape index (κ3) is 7.51. The van der Waals surface area contributed by atoms with Crippen molar-refractivity contribution in [3.63, 3.8) is 0 Å². The molecular weight excluding hydrogens is 498 g/mol. The van der Waals surface area contributed by atoms with Gasteiger partial charge >= 0.3 is 0 Å². The number of nitrogens with zero attached hydrogens (tertiary/aromatic N) is 1. The normalized spacial score (nSPS) is 11.3. The first-order valence-electron chi connectivity index (χ1n) is 12.4. The van der Waals surface area contributed by atoms with Crippen molar-refractivity contribution in [3.05, 3.63) is 134 Å². The van der Waals surface area contributed by atoms with Crippen LogP contribution in [0.2, 0.25) is 5.02 Å². The number of nitrogens with two attached hydrogens (primary N) is 1. The van der Waals surface area contributed by atoms with Crippen LogP contribution in [0.25, 0.3) is 0 Å². The van der Waals surface area contributed by atoms with E-state index in [4.69, 9.17) is 22.7 Å². The van der Waals surface area contributed by atoms with E-state index in [0.717, 1.165) is 16.7 Å². The molecule has 0 fully saturated rings. The summed E-state index contributed by atoms with van der Waals surface area (Å²) in [6, 6.07) is 24.9. The Morgan fingerprint density at radius 2 is 1.68 bits per heavy atom. The van der Waals surface area contributed by atoms with Crippen molar-refractivity contribution in [2.24, 2.45) is 0 Å². The molecule has 6 nitrogen and oxygen atoms in total. The number of carbonyl (C=O) groups excluding carboxylic acids is 1. The Labute approximate surface area is 227 Å². The first kappa shape index (κ1) is 28.6. The second-order valence-electron chi connectivity index (χ2n) is 8.78. The lowest BCUT2D eigenvalue weighted by Crippen LogP contribution is -2.18. The van der Waals surface area contributed by atoms with Crippen LogP contribution < -0.4 is 11.3 Å². The number of aromatic nitrogens is 1. The maximum atomic E-state index is 11.9. The number of benzene rings is 3. The second kappa shape index (κ2) is 13.5. The number of hydrogen-bond acceptors (Lipinski definition) is 5. The fourth-order valence-corrected chi connectivity index (χ4v) is 4.02. The first-order chi connectivity index (χ1) is 18.2. The van der Waals surface area contributed by atoms with Crippen molar-refractivity contribution in [3.8, 4) is 0 Å². The number of rotatable bonds is 8. The Bertz CT molecular complexity index is 1460. The van der Waals surface area contributed by atoms with Crippen molar-refractivity contribution in [2.45, 2.75) is 39.3 Å². The first-order valence-corrected chi connectivity index (χ1v) is 12.8. The maximum Gasteiger partial charge on any atom is 0.250 e. The van der Waals surface area contributed by atoms with E-state index in [0.29, 0.717) is 46.9 Å². The summed E-state index contributed by atoms with van der Waals surface area (Å²) in [7, 11) is 0. The van der Waals surface area contributed by atoms with Crippen LogP contribution >= 0.6 is 11.6 Å². The van der Waals surface area contributed by atoms with E-state index in [1.165, 1.54) is 6.07 Å². The van der Waals surface area contributed by atoms with Gasteiger partial charge in [-0.25, -0.2) is 0 Å². The number of nitrogens with one attached hydrogen (secondary N) is 1. The SMILES string of the molecule is CCC(=N)c1cc(Cl)ccc1N.CCC(=O)c1cccc(C(O)c2ccc(Cn3ccccc3=O)cc2)c1. The van der Waals surface area contributed by atoms with Crippen molar-refractivity contribution in [1.29, 1.82) is 5.41 Å². The Hall–Kier alpha value is -4.00. The van der Waals surface area contributed by atoms with Crippen LogP contribution in [0, 0.1) is 5.41 Å². The number of pyridine rings is 1. The van der Waals surface area contributed by atoms with E-state index in [1.54, 1.807) is 53.2 Å². The van der Waals surface area contributed by atoms with Crippen LogP contribution in [0.4, 0.5) is 5.69 Å². The van der Waals surface area contributed by atoms with Crippen molar-refractivity contribution >= 4 is 28.8 Å². The summed E-state index contributed by atoms with van der Waals surface area (Å²) in [5, 5.41) is 18.8. The summed E-state index contributed by atoms with van der Waals surface area (Å²) < 4.78 is 1.63. The molecule has 1 atom stereocenters. The fraction of sp³-hybridized carbons (Fsp3) is 0.194. The molecule has 0 spiro atoms. The number of aliphatic hydroxyl groups excluding tert-OH is 1. The van der Waals surface area contributed by atoms with Gasteiger partial charge in [0.15, 0.2) is 5.78 Å². The van der Waals surface area contributed by atoms with Crippen LogP contribution in [0.1, 0.15) is 65.4 Å². The van der Waals surface area contributed by atoms with Gasteiger partial charge in [0.05, 0.1) is 6.54 Å². The molecule has 1 heterocycles. The molecule has 4 N–H and O–H groups in total. The summed E-state index contributed by atoms with van der Waals surface area (Å²) in [6.07, 6.45) is 2.06. The predicted octanol–water partition coefficient (Wildman–Crippen LogP) is 6.27. The van der Waals surface area contributed by atoms with E-state index < -0.39 is 6.10 Å². The van der Waals surface area contributed by atoms with Crippen LogP contribution in [-0.2, 0) is 6.54 Å². The second-order valence-corrected chi connectivity index (χ2v) is 9.21. The molecule has 4 aromatic rings. The highest BCUT2D eigenvalue weighted by Gasteiger charge is 2.13. The standard InChI is InChI=1S/C22H21NO3.C9H11ClN2/c1-2-20(24)18-6-5-7-19(14-18)22(26)17-11-9-16(10-12-17)15-23-13-4-3-8-21(23)25;1-2-8(11)7-5-6(10)3-4-9(7)12/h3-14,22,26H,2,15H2,1H3;3-5,11H,2,12H2,1H3. The smallest absolute Gasteiger partial charge is 0.250 e. The molecule has 0 radical (unpaired) electrons. The molecule has 0 aliphatic carbocycles. The lowest BCUT2D eigenvalue weighted by Gasteiger charge is -2.13. The molecule has 0 amide bonds. The Morgan fingerprint density at radius 3 is 2.34 bits per heavy atom. The number of hydrogen-bond donors (Lipinski definition) is 3. The summed E-state index contributed by atoms with van der Waals surface area (Å²) in [5.41, 5.74) is 10.5. The number of Topliss-reactive ketones (excluding diaryl/α,β-unsaturated/α-hetero) is 1. The summed E-state index contributed by atoms with van der Waals surface area (Å²) >= 11 is 5.77. The topological polar surface area (TPSA) is 109 Å². The lowest BCUT2D eigenvalue weighted by atomic mass is 9.97. The van der Waals surface area contributed by atoms with Gasteiger partial charge in [-0.3, -0.25) is 9.59 Å². The Kier molecular flexibility index (Phi) is 10.2. The van der Waals surface area contributed by atoms with Crippen molar-refractivity contribution in [1.82, 2.24) is 4.57 Å². The molecule has 1 aromatic heterocycles. The molecule has 38 heavy (non-hydrogen) atoms. The van der Waals surface area contributed by atoms with E-state index in [2.05, 4.69) is 0 Å². The highest BCUT2D eigenvalue weighted by Crippen LogP contribution is 2.24. The van der Waals surface area contributed by atoms with Gasteiger partial charge in [0.25, 0.3) is 5.56 Å². The molecule has 3 aromatic carbocycles. The number of anilines is 1. The summed E-state index contributed by atoms with van der Waals surface area (Å²) in [6.45, 7) is 4.22. The van der Waals surface area contributed by atoms with E-state index in [9.17, 15) is 14.7 Å². The zero-order chi connectivity index (χ0) is 27.7. The van der Waals surface area contributed by atoms with Gasteiger partial charge in [-0.1, -0.05) is 74.0 Å². The number of nitrogen functional groups attached to an aromatic ring is 1. The minimum Gasteiger partial charge on any atom is -0.398 e. The van der Waals surface area contributed by atoms with E-state index in [-0.39, 0.29) is 11.3 Å². The van der Waals surface area contributed by atoms with Gasteiger partial charge in [0.1, 0.15) is 6.10 Å². The lowest BCUT2D eigenvalue weighted by molar-refractivity contribution is 0.0988. The van der Waals surface area contributed by atoms with Gasteiger partial charge in [-0.05, 0) is 53.4 Å². The Morgan fingerprint density at radius 1 is 0.947 bits per heavy atom. The average Bonchev–Trinajstić information content (AvgIpc) is 2.95. The number of aliphatic hydroxyl groups is 1. The molecule has 0 saturated heterocycles. The van der Waals surface area contributed by atoms with Crippen molar-refractivity contribution in [2.75, 3.05) is 5.73 Å². The monoisotopic (exact) mass is 529 g/mol. The largest absolute Gasteiger partial charge is 0.398 e. The third-order valence-electron chi connectivity index (χ3n) is 6.09. The highest BCUT2D eigenvalue weighted by molar-refractivity contribution is 6.31. The van der Waals surface area contributed by atoms with E-state index in [1.807, 2.05) is 50.2 Å². The van der Waals surface area contributed by atoms with E-state index >= 15 is 0 Å². The van der Waals surface area contributed by atoms with Gasteiger partial charge < -0.3 is 20.8 Å². The number of carbonyl (C=O) groups is 1. The van der Waals surface area contributed by atoms with Gasteiger partial charge in [-0.15, -0.1) is 0 Å². The number of halogens is 1. The summed E-state index contributed by atoms with van der Waals surface area (Å²) in [4.78, 5) is 23.7. The molecule has 196 valence electrons. The minimum atomic E-state index is -0.798. The van der Waals surface area contributed by atoms with Crippen LogP contribution in [0.15, 0.2) is 95.9 Å². The molecular formula is C31H32ClN3O3. The predicted molar refractivity (Wildman–Crippen MR) is 154 cm³/mol. The molecule has 4 rings (SSSR count). The van der Waals surface area contributed by atoms with Crippen LogP contribution in [-0.4, -0.2) is 21.2 Å². The summed E-state index contributed by atoms with van der Waals surface area (Å²) in [5.74, 6) is 0.0581. The number of ketones is 1. The molecule has 0 aliphatic heterocycles. The van der Waals surface area contributed by atoms with Gasteiger partial charge in [0.2, 0.25) is 0 Å². The Balaban J connectivity index is 0.000000279. The molecule has 7 heteroatoms. The maximum absolute atomic E-state index is 11.9. The quantitative estimate of drug-likeness (QED) is 0.142. The molecule has 0 aliphatic rings. The van der Waals surface area contributed by atoms with Crippen LogP contribution in [0.3, 0.4) is 0 Å². The highest BCUT2D eigenvalue weighted by atomic mass is 35.5. The molecule has 0 saturated carbocycles. The zero-order valence-electron chi connectivity index (χ0n) is 21.5. The van der Waals surface area contributed by atoms with Crippen molar-refractivity contribution < 1.29 is 9.90 Å². The third-order valence-corrected chi connectivity index (χ3v) is 6.32. The van der Waals surface area contributed by atoms with Crippen LogP contribution in [0.5, 0.6) is 0 Å². The molecule has 0 bridgehead atoms. The zero-order valence-corrected chi connectivity index (χ0v) is 22.3. The molecule has 1 unspecified atom stereocenters. The van der Waals surface area contributed by atoms with Gasteiger partial charge in [-0.2, -0.15) is 0 Å². The van der Waals surface area contributed by atoms with Gasteiger partial charge in [0, 0.05) is 46.2 Å².